The lowest BCUT2D eigenvalue weighted by atomic mass is 9.64. The van der Waals surface area contributed by atoms with Gasteiger partial charge in [0.1, 0.15) is 5.82 Å². The smallest absolute Gasteiger partial charge is 0.242 e. The van der Waals surface area contributed by atoms with Crippen molar-refractivity contribution in [3.63, 3.8) is 0 Å². The molecule has 224 valence electrons. The first-order chi connectivity index (χ1) is 19.6. The van der Waals surface area contributed by atoms with E-state index in [1.54, 1.807) is 23.5 Å². The zero-order chi connectivity index (χ0) is 29.2. The Morgan fingerprint density at radius 2 is 1.95 bits per heavy atom. The maximum absolute atomic E-state index is 15.2. The van der Waals surface area contributed by atoms with Crippen molar-refractivity contribution in [3.05, 3.63) is 64.4 Å². The maximum atomic E-state index is 15.2. The van der Waals surface area contributed by atoms with E-state index in [9.17, 15) is 13.2 Å². The van der Waals surface area contributed by atoms with E-state index in [0.29, 0.717) is 55.0 Å². The lowest BCUT2D eigenvalue weighted by Gasteiger charge is -2.43. The maximum Gasteiger partial charge on any atom is 0.242 e. The number of amides is 1. The number of benzene rings is 2. The number of nitrogens with two attached hydrogens (primary N) is 1. The van der Waals surface area contributed by atoms with Gasteiger partial charge in [-0.15, -0.1) is 0 Å². The number of nitrogens with one attached hydrogen (secondary N) is 2. The van der Waals surface area contributed by atoms with Crippen molar-refractivity contribution in [2.24, 2.45) is 5.73 Å². The standard InChI is InChI=1S/C30H40ClFN4O4S/c1-40-24-13-15-30(16-14-24,20-7-9-21(31)10-8-20)28(33)29(37)35-27-6-2-5-26(32)25(27)12-11-23-18-34-22-4-3-17-41(38,39)36(23)19-22/h2,5-10,22-24,28,34H,3-4,11-19,33H2,1H3,(H,35,37). The highest BCUT2D eigenvalue weighted by Crippen LogP contribution is 2.43. The average molecular weight is 607 g/mol. The number of fused-ring (bicyclic) bond motifs is 2. The molecule has 4 atom stereocenters. The molecular weight excluding hydrogens is 567 g/mol. The number of hydrogen-bond donors (Lipinski definition) is 3. The van der Waals surface area contributed by atoms with Crippen LogP contribution in [0.5, 0.6) is 0 Å². The van der Waals surface area contributed by atoms with Crippen molar-refractivity contribution in [3.8, 4) is 0 Å². The van der Waals surface area contributed by atoms with E-state index in [1.165, 1.54) is 6.07 Å². The van der Waals surface area contributed by atoms with Crippen LogP contribution in [0.25, 0.3) is 0 Å². The molecule has 41 heavy (non-hydrogen) atoms. The van der Waals surface area contributed by atoms with Crippen molar-refractivity contribution in [1.82, 2.24) is 9.62 Å². The zero-order valence-corrected chi connectivity index (χ0v) is 25.0. The predicted octanol–water partition coefficient (Wildman–Crippen LogP) is 3.97. The molecule has 0 aromatic heterocycles. The van der Waals surface area contributed by atoms with E-state index in [2.05, 4.69) is 10.6 Å². The fourth-order valence-corrected chi connectivity index (χ4v) is 8.78. The molecular formula is C30H40ClFN4O4S. The Morgan fingerprint density at radius 3 is 2.66 bits per heavy atom. The van der Waals surface area contributed by atoms with Crippen molar-refractivity contribution in [2.75, 3.05) is 31.3 Å². The molecule has 11 heteroatoms. The SMILES string of the molecule is COC1CCC(c2ccc(Cl)cc2)(C(N)C(=O)Nc2cccc(F)c2CCC2CNC3CCCS(=O)(=O)N2C3)CC1. The summed E-state index contributed by atoms with van der Waals surface area (Å²) in [5.74, 6) is -0.689. The van der Waals surface area contributed by atoms with E-state index < -0.39 is 27.3 Å². The molecule has 4 N–H and O–H groups in total. The first-order valence-electron chi connectivity index (χ1n) is 14.5. The van der Waals surface area contributed by atoms with E-state index in [-0.39, 0.29) is 36.3 Å². The van der Waals surface area contributed by atoms with E-state index in [0.717, 1.165) is 24.8 Å². The Balaban J connectivity index is 1.34. The number of piperazine rings is 1. The molecule has 3 fully saturated rings. The Labute approximate surface area is 247 Å². The van der Waals surface area contributed by atoms with Crippen molar-refractivity contribution < 1.29 is 22.3 Å². The summed E-state index contributed by atoms with van der Waals surface area (Å²) < 4.78 is 48.1. The van der Waals surface area contributed by atoms with E-state index in [1.807, 2.05) is 24.3 Å². The van der Waals surface area contributed by atoms with Gasteiger partial charge in [0.15, 0.2) is 0 Å². The molecule has 4 unspecified atom stereocenters. The number of rotatable bonds is 8. The molecule has 2 heterocycles. The summed E-state index contributed by atoms with van der Waals surface area (Å²) in [7, 11) is -1.66. The Hall–Kier alpha value is -2.08. The second kappa shape index (κ2) is 12.7. The number of carbonyl (C=O) groups is 1. The minimum absolute atomic E-state index is 0.109. The summed E-state index contributed by atoms with van der Waals surface area (Å²) in [4.78, 5) is 13.7. The lowest BCUT2D eigenvalue weighted by Crippen LogP contribution is -2.57. The molecule has 0 radical (unpaired) electrons. The molecule has 2 bridgehead atoms. The lowest BCUT2D eigenvalue weighted by molar-refractivity contribution is -0.119. The topological polar surface area (TPSA) is 114 Å². The van der Waals surface area contributed by atoms with Crippen LogP contribution in [0.4, 0.5) is 10.1 Å². The number of sulfonamides is 1. The van der Waals surface area contributed by atoms with Crippen LogP contribution in [0.2, 0.25) is 5.02 Å². The zero-order valence-electron chi connectivity index (χ0n) is 23.5. The summed E-state index contributed by atoms with van der Waals surface area (Å²) in [6.07, 6.45) is 5.14. The monoisotopic (exact) mass is 606 g/mol. The Morgan fingerprint density at radius 1 is 1.22 bits per heavy atom. The van der Waals surface area contributed by atoms with Gasteiger partial charge in [-0.1, -0.05) is 29.8 Å². The average Bonchev–Trinajstić information content (AvgIpc) is 3.08. The third kappa shape index (κ3) is 6.48. The van der Waals surface area contributed by atoms with Gasteiger partial charge in [0.2, 0.25) is 15.9 Å². The second-order valence-corrected chi connectivity index (χ2v) is 14.1. The van der Waals surface area contributed by atoms with Crippen LogP contribution in [-0.2, 0) is 31.4 Å². The molecule has 1 aliphatic carbocycles. The van der Waals surface area contributed by atoms with Crippen molar-refractivity contribution in [1.29, 1.82) is 0 Å². The van der Waals surface area contributed by atoms with E-state index in [4.69, 9.17) is 22.1 Å². The number of ether oxygens (including phenoxy) is 1. The molecule has 2 aromatic rings. The first-order valence-corrected chi connectivity index (χ1v) is 16.5. The van der Waals surface area contributed by atoms with Crippen LogP contribution in [0, 0.1) is 5.82 Å². The summed E-state index contributed by atoms with van der Waals surface area (Å²) in [5.41, 5.74) is 7.79. The number of methoxy groups -OCH3 is 1. The fourth-order valence-electron chi connectivity index (χ4n) is 6.85. The highest BCUT2D eigenvalue weighted by Gasteiger charge is 2.45. The Kier molecular flexibility index (Phi) is 9.37. The quantitative estimate of drug-likeness (QED) is 0.419. The summed E-state index contributed by atoms with van der Waals surface area (Å²) in [5, 5.41) is 6.99. The third-order valence-electron chi connectivity index (χ3n) is 9.32. The Bertz CT molecular complexity index is 1330. The van der Waals surface area contributed by atoms with Crippen LogP contribution >= 0.6 is 11.6 Å². The van der Waals surface area contributed by atoms with Gasteiger partial charge in [-0.25, -0.2) is 12.8 Å². The molecule has 3 aliphatic rings. The van der Waals surface area contributed by atoms with Crippen molar-refractivity contribution in [2.45, 2.75) is 81.0 Å². The summed E-state index contributed by atoms with van der Waals surface area (Å²) in [6, 6.07) is 11.1. The highest BCUT2D eigenvalue weighted by atomic mass is 35.5. The number of carbonyl (C=O) groups excluding carboxylic acids is 1. The normalized spacial score (nSPS) is 30.2. The van der Waals surface area contributed by atoms with Gasteiger partial charge in [0.25, 0.3) is 0 Å². The van der Waals surface area contributed by atoms with Gasteiger partial charge in [-0.2, -0.15) is 4.31 Å². The van der Waals surface area contributed by atoms with E-state index >= 15 is 4.39 Å². The van der Waals surface area contributed by atoms with Crippen molar-refractivity contribution >= 4 is 33.2 Å². The second-order valence-electron chi connectivity index (χ2n) is 11.7. The first kappa shape index (κ1) is 30.4. The third-order valence-corrected chi connectivity index (χ3v) is 11.5. The highest BCUT2D eigenvalue weighted by molar-refractivity contribution is 7.89. The minimum Gasteiger partial charge on any atom is -0.381 e. The van der Waals surface area contributed by atoms with Gasteiger partial charge in [0, 0.05) is 54.0 Å². The van der Waals surface area contributed by atoms with Crippen LogP contribution < -0.4 is 16.4 Å². The number of halogens is 2. The molecule has 8 nitrogen and oxygen atoms in total. The molecule has 2 saturated heterocycles. The van der Waals surface area contributed by atoms with Gasteiger partial charge in [0.05, 0.1) is 17.9 Å². The molecule has 1 amide bonds. The molecule has 5 rings (SSSR count). The summed E-state index contributed by atoms with van der Waals surface area (Å²) in [6.45, 7) is 0.969. The van der Waals surface area contributed by atoms with Crippen LogP contribution in [0.15, 0.2) is 42.5 Å². The number of anilines is 1. The molecule has 1 saturated carbocycles. The van der Waals surface area contributed by atoms with Crippen LogP contribution in [0.3, 0.4) is 0 Å². The largest absolute Gasteiger partial charge is 0.381 e. The molecule has 2 aliphatic heterocycles. The van der Waals surface area contributed by atoms with Gasteiger partial charge >= 0.3 is 0 Å². The summed E-state index contributed by atoms with van der Waals surface area (Å²) >= 11 is 6.16. The van der Waals surface area contributed by atoms with Crippen LogP contribution in [0.1, 0.15) is 56.1 Å². The van der Waals surface area contributed by atoms with Gasteiger partial charge in [-0.3, -0.25) is 4.79 Å². The van der Waals surface area contributed by atoms with Crippen LogP contribution in [-0.4, -0.2) is 68.8 Å². The molecule has 0 spiro atoms. The van der Waals surface area contributed by atoms with Gasteiger partial charge in [-0.05, 0) is 81.2 Å². The predicted molar refractivity (Wildman–Crippen MR) is 159 cm³/mol. The minimum atomic E-state index is -3.35. The number of nitrogens with zero attached hydrogens (tertiary/aromatic N) is 1. The fraction of sp³-hybridized carbons (Fsp3) is 0.567. The molecule has 2 aromatic carbocycles. The number of hydrogen-bond acceptors (Lipinski definition) is 6. The van der Waals surface area contributed by atoms with Gasteiger partial charge < -0.3 is 21.1 Å².